The first-order chi connectivity index (χ1) is 9.03. The van der Waals surface area contributed by atoms with Crippen LogP contribution in [0, 0.1) is 13.8 Å². The topological polar surface area (TPSA) is 71.2 Å². The number of nitrogens with two attached hydrogens (primary N) is 1. The molecule has 1 aromatic heterocycles. The van der Waals surface area contributed by atoms with Gasteiger partial charge in [0.05, 0.1) is 6.54 Å². The fourth-order valence-corrected chi connectivity index (χ4v) is 2.18. The van der Waals surface area contributed by atoms with Crippen LogP contribution >= 0.6 is 0 Å². The minimum absolute atomic E-state index is 0.00328. The predicted octanol–water partition coefficient (Wildman–Crippen LogP) is 1.12. The Morgan fingerprint density at radius 2 is 2.16 bits per heavy atom. The second kappa shape index (κ2) is 7.09. The fraction of sp³-hybridized carbons (Fsp3) is 0.571. The van der Waals surface area contributed by atoms with E-state index in [9.17, 15) is 4.79 Å². The van der Waals surface area contributed by atoms with Gasteiger partial charge in [0.15, 0.2) is 0 Å². The number of hydrogen-bond acceptors (Lipinski definition) is 4. The Labute approximate surface area is 115 Å². The van der Waals surface area contributed by atoms with Crippen molar-refractivity contribution in [3.05, 3.63) is 23.0 Å². The van der Waals surface area contributed by atoms with Crippen molar-refractivity contribution in [3.8, 4) is 0 Å². The van der Waals surface area contributed by atoms with Crippen molar-refractivity contribution in [1.82, 2.24) is 10.3 Å². The van der Waals surface area contributed by atoms with Gasteiger partial charge in [-0.1, -0.05) is 6.92 Å². The molecule has 0 radical (unpaired) electrons. The monoisotopic (exact) mass is 264 g/mol. The van der Waals surface area contributed by atoms with Crippen LogP contribution < -0.4 is 16.0 Å². The molecule has 0 spiro atoms. The molecule has 106 valence electrons. The lowest BCUT2D eigenvalue weighted by Crippen LogP contribution is -2.37. The first kappa shape index (κ1) is 15.4. The Morgan fingerprint density at radius 1 is 1.47 bits per heavy atom. The van der Waals surface area contributed by atoms with E-state index in [4.69, 9.17) is 5.73 Å². The number of amides is 1. The highest BCUT2D eigenvalue weighted by Gasteiger charge is 2.15. The Morgan fingerprint density at radius 3 is 2.68 bits per heavy atom. The minimum Gasteiger partial charge on any atom is -0.362 e. The summed E-state index contributed by atoms with van der Waals surface area (Å²) < 4.78 is 0. The largest absolute Gasteiger partial charge is 0.362 e. The van der Waals surface area contributed by atoms with Gasteiger partial charge in [-0.3, -0.25) is 9.78 Å². The molecule has 0 aliphatic rings. The molecule has 19 heavy (non-hydrogen) atoms. The molecule has 0 fully saturated rings. The summed E-state index contributed by atoms with van der Waals surface area (Å²) in [6.45, 7) is 7.62. The van der Waals surface area contributed by atoms with Gasteiger partial charge in [-0.25, -0.2) is 0 Å². The van der Waals surface area contributed by atoms with Gasteiger partial charge >= 0.3 is 0 Å². The Hall–Kier alpha value is -1.62. The van der Waals surface area contributed by atoms with Gasteiger partial charge < -0.3 is 16.0 Å². The third-order valence-electron chi connectivity index (χ3n) is 3.09. The normalized spacial score (nSPS) is 10.4. The number of hydrogen-bond donors (Lipinski definition) is 2. The van der Waals surface area contributed by atoms with Crippen LogP contribution in [0.3, 0.4) is 0 Å². The van der Waals surface area contributed by atoms with Crippen LogP contribution in [0.5, 0.6) is 0 Å². The number of aryl methyl sites for hydroxylation is 2. The number of anilines is 1. The summed E-state index contributed by atoms with van der Waals surface area (Å²) in [5.74, 6) is 0.00328. The molecular weight excluding hydrogens is 240 g/mol. The second-order valence-corrected chi connectivity index (χ2v) is 4.65. The van der Waals surface area contributed by atoms with Crippen molar-refractivity contribution in [2.75, 3.05) is 25.0 Å². The first-order valence-corrected chi connectivity index (χ1v) is 6.66. The van der Waals surface area contributed by atoms with E-state index in [0.717, 1.165) is 35.6 Å². The number of pyridine rings is 1. The maximum Gasteiger partial charge on any atom is 0.239 e. The lowest BCUT2D eigenvalue weighted by atomic mass is 10.1. The second-order valence-electron chi connectivity index (χ2n) is 4.65. The molecule has 1 amide bonds. The highest BCUT2D eigenvalue weighted by Crippen LogP contribution is 2.23. The Bertz CT molecular complexity index is 445. The third kappa shape index (κ3) is 3.92. The molecule has 0 bridgehead atoms. The highest BCUT2D eigenvalue weighted by atomic mass is 16.1. The molecule has 0 saturated heterocycles. The zero-order valence-electron chi connectivity index (χ0n) is 12.3. The summed E-state index contributed by atoms with van der Waals surface area (Å²) in [4.78, 5) is 18.2. The lowest BCUT2D eigenvalue weighted by Gasteiger charge is -2.26. The first-order valence-electron chi connectivity index (χ1n) is 6.66. The predicted molar refractivity (Wildman–Crippen MR) is 78.2 cm³/mol. The molecule has 0 aliphatic carbocycles. The van der Waals surface area contributed by atoms with E-state index in [-0.39, 0.29) is 5.91 Å². The van der Waals surface area contributed by atoms with E-state index >= 15 is 0 Å². The number of aromatic nitrogens is 1. The van der Waals surface area contributed by atoms with Crippen LogP contribution in [0.1, 0.15) is 30.3 Å². The smallest absolute Gasteiger partial charge is 0.239 e. The number of likely N-dealkylation sites (N-methyl/N-ethyl adjacent to an activating group) is 1. The zero-order valence-corrected chi connectivity index (χ0v) is 12.3. The van der Waals surface area contributed by atoms with Crippen LogP contribution in [0.4, 0.5) is 5.69 Å². The average Bonchev–Trinajstić information content (AvgIpc) is 2.37. The van der Waals surface area contributed by atoms with Crippen molar-refractivity contribution in [2.24, 2.45) is 5.73 Å². The molecule has 0 aliphatic heterocycles. The van der Waals surface area contributed by atoms with Gasteiger partial charge in [-0.2, -0.15) is 0 Å². The van der Waals surface area contributed by atoms with Crippen LogP contribution in [-0.4, -0.2) is 31.0 Å². The average molecular weight is 264 g/mol. The van der Waals surface area contributed by atoms with Gasteiger partial charge in [0, 0.05) is 42.8 Å². The molecule has 0 saturated carbocycles. The van der Waals surface area contributed by atoms with Gasteiger partial charge in [-0.15, -0.1) is 0 Å². The number of carbonyl (C=O) groups is 1. The summed E-state index contributed by atoms with van der Waals surface area (Å²) in [7, 11) is 1.65. The molecule has 5 heteroatoms. The van der Waals surface area contributed by atoms with Crippen molar-refractivity contribution in [3.63, 3.8) is 0 Å². The van der Waals surface area contributed by atoms with E-state index in [1.54, 1.807) is 7.05 Å². The van der Waals surface area contributed by atoms with Crippen molar-refractivity contribution >= 4 is 11.6 Å². The van der Waals surface area contributed by atoms with E-state index < -0.39 is 0 Å². The minimum atomic E-state index is 0.00328. The van der Waals surface area contributed by atoms with E-state index in [0.29, 0.717) is 13.1 Å². The molecule has 0 atom stereocenters. The Kier molecular flexibility index (Phi) is 5.76. The van der Waals surface area contributed by atoms with E-state index in [1.165, 1.54) is 0 Å². The van der Waals surface area contributed by atoms with Gasteiger partial charge in [0.2, 0.25) is 5.91 Å². The summed E-state index contributed by atoms with van der Waals surface area (Å²) in [6, 6.07) is 2.01. The molecule has 0 aromatic carbocycles. The molecular formula is C14H24N4O. The van der Waals surface area contributed by atoms with Crippen molar-refractivity contribution in [2.45, 2.75) is 33.7 Å². The molecule has 1 heterocycles. The number of carbonyl (C=O) groups excluding carboxylic acids is 1. The maximum absolute atomic E-state index is 11.6. The van der Waals surface area contributed by atoms with E-state index in [1.807, 2.05) is 19.9 Å². The summed E-state index contributed by atoms with van der Waals surface area (Å²) in [6.07, 6.45) is 0.974. The quantitative estimate of drug-likeness (QED) is 0.807. The number of nitrogens with one attached hydrogen (secondary N) is 1. The molecule has 1 rings (SSSR count). The summed E-state index contributed by atoms with van der Waals surface area (Å²) in [5.41, 5.74) is 9.76. The summed E-state index contributed by atoms with van der Waals surface area (Å²) in [5, 5.41) is 2.66. The maximum atomic E-state index is 11.6. The van der Waals surface area contributed by atoms with E-state index in [2.05, 4.69) is 22.1 Å². The Balaban J connectivity index is 3.16. The fourth-order valence-electron chi connectivity index (χ4n) is 2.18. The van der Waals surface area contributed by atoms with Crippen LogP contribution in [0.15, 0.2) is 6.07 Å². The van der Waals surface area contributed by atoms with Gasteiger partial charge in [0.25, 0.3) is 0 Å². The van der Waals surface area contributed by atoms with Gasteiger partial charge in [0.1, 0.15) is 0 Å². The standard InChI is InChI=1S/C14H24N4O/c1-5-6-18(9-14(19)16-4)13-7-10(2)17-11(3)12(13)8-15/h7H,5-6,8-9,15H2,1-4H3,(H,16,19). The highest BCUT2D eigenvalue weighted by molar-refractivity contribution is 5.81. The van der Waals surface area contributed by atoms with Crippen LogP contribution in [0.25, 0.3) is 0 Å². The zero-order chi connectivity index (χ0) is 14.4. The van der Waals surface area contributed by atoms with Crippen LogP contribution in [0.2, 0.25) is 0 Å². The lowest BCUT2D eigenvalue weighted by molar-refractivity contribution is -0.119. The SMILES string of the molecule is CCCN(CC(=O)NC)c1cc(C)nc(C)c1CN. The molecule has 0 unspecified atom stereocenters. The summed E-state index contributed by atoms with van der Waals surface area (Å²) >= 11 is 0. The molecule has 1 aromatic rings. The van der Waals surface area contributed by atoms with Crippen LogP contribution in [-0.2, 0) is 11.3 Å². The number of nitrogens with zero attached hydrogens (tertiary/aromatic N) is 2. The third-order valence-corrected chi connectivity index (χ3v) is 3.09. The van der Waals surface area contributed by atoms with Gasteiger partial charge in [-0.05, 0) is 26.3 Å². The molecule has 5 nitrogen and oxygen atoms in total. The molecule has 3 N–H and O–H groups in total. The van der Waals surface area contributed by atoms with Crippen molar-refractivity contribution < 1.29 is 4.79 Å². The van der Waals surface area contributed by atoms with Crippen molar-refractivity contribution in [1.29, 1.82) is 0 Å². The number of rotatable bonds is 6.